The number of rotatable bonds is 9. The van der Waals surface area contributed by atoms with Gasteiger partial charge in [0.15, 0.2) is 0 Å². The molecule has 0 aromatic rings. The van der Waals surface area contributed by atoms with Crippen LogP contribution in [0, 0.1) is 17.2 Å². The molecule has 0 rings (SSSR count). The molecule has 0 saturated carbocycles. The molecule has 0 heterocycles. The van der Waals surface area contributed by atoms with Crippen LogP contribution in [0.4, 0.5) is 0 Å². The fourth-order valence-electron chi connectivity index (χ4n) is 1.67. The van der Waals surface area contributed by atoms with Crippen molar-refractivity contribution in [3.8, 4) is 6.07 Å². The molecule has 0 bridgehead atoms. The average molecular weight is 221 g/mol. The lowest BCUT2D eigenvalue weighted by molar-refractivity contribution is 0.582. The van der Waals surface area contributed by atoms with Crippen molar-refractivity contribution in [2.75, 3.05) is 0 Å². The molecule has 0 saturated heterocycles. The van der Waals surface area contributed by atoms with E-state index >= 15 is 0 Å². The lowest BCUT2D eigenvalue weighted by atomic mass is 10.0. The molecule has 92 valence electrons. The highest BCUT2D eigenvalue weighted by Crippen LogP contribution is 2.13. The number of nitrogens with zero attached hydrogens (tertiary/aromatic N) is 1. The SMILES string of the molecule is CC(=CCCCCCCC#N)CCC(C)C. The maximum absolute atomic E-state index is 8.39. The zero-order chi connectivity index (χ0) is 12.2. The highest BCUT2D eigenvalue weighted by molar-refractivity contribution is 4.97. The molecule has 0 aliphatic carbocycles. The third-order valence-corrected chi connectivity index (χ3v) is 2.85. The summed E-state index contributed by atoms with van der Waals surface area (Å²) in [5.41, 5.74) is 1.55. The van der Waals surface area contributed by atoms with E-state index in [1.165, 1.54) is 38.5 Å². The van der Waals surface area contributed by atoms with E-state index in [9.17, 15) is 0 Å². The second kappa shape index (κ2) is 10.7. The first-order chi connectivity index (χ1) is 7.66. The smallest absolute Gasteiger partial charge is 0.0621 e. The van der Waals surface area contributed by atoms with Crippen LogP contribution in [0.3, 0.4) is 0 Å². The Morgan fingerprint density at radius 3 is 2.50 bits per heavy atom. The Morgan fingerprint density at radius 2 is 1.88 bits per heavy atom. The van der Waals surface area contributed by atoms with Crippen molar-refractivity contribution in [3.63, 3.8) is 0 Å². The summed E-state index contributed by atoms with van der Waals surface area (Å²) in [5.74, 6) is 0.814. The molecule has 0 aromatic carbocycles. The molecule has 16 heavy (non-hydrogen) atoms. The zero-order valence-corrected chi connectivity index (χ0v) is 11.3. The minimum absolute atomic E-state index is 0.725. The van der Waals surface area contributed by atoms with Gasteiger partial charge in [-0.1, -0.05) is 38.3 Å². The van der Waals surface area contributed by atoms with Gasteiger partial charge < -0.3 is 0 Å². The maximum Gasteiger partial charge on any atom is 0.0621 e. The van der Waals surface area contributed by atoms with E-state index in [0.717, 1.165) is 18.8 Å². The predicted molar refractivity (Wildman–Crippen MR) is 71.1 cm³/mol. The lowest BCUT2D eigenvalue weighted by Gasteiger charge is -2.04. The molecule has 0 radical (unpaired) electrons. The summed E-state index contributed by atoms with van der Waals surface area (Å²) in [6, 6.07) is 2.19. The quantitative estimate of drug-likeness (QED) is 0.386. The van der Waals surface area contributed by atoms with E-state index in [1.54, 1.807) is 5.57 Å². The Labute approximate surface area is 102 Å². The van der Waals surface area contributed by atoms with Crippen LogP contribution in [-0.4, -0.2) is 0 Å². The molecule has 0 aromatic heterocycles. The molecule has 0 aliphatic heterocycles. The van der Waals surface area contributed by atoms with Gasteiger partial charge in [0.1, 0.15) is 0 Å². The normalized spacial score (nSPS) is 11.8. The van der Waals surface area contributed by atoms with Crippen LogP contribution in [0.5, 0.6) is 0 Å². The summed E-state index contributed by atoms with van der Waals surface area (Å²) in [6.45, 7) is 6.81. The first-order valence-corrected chi connectivity index (χ1v) is 6.69. The Balaban J connectivity index is 3.34. The fourth-order valence-corrected chi connectivity index (χ4v) is 1.67. The third-order valence-electron chi connectivity index (χ3n) is 2.85. The fraction of sp³-hybridized carbons (Fsp3) is 0.800. The van der Waals surface area contributed by atoms with Gasteiger partial charge in [-0.15, -0.1) is 0 Å². The van der Waals surface area contributed by atoms with Crippen LogP contribution in [0.1, 0.15) is 72.1 Å². The summed E-state index contributed by atoms with van der Waals surface area (Å²) < 4.78 is 0. The molecule has 1 nitrogen and oxygen atoms in total. The van der Waals surface area contributed by atoms with Crippen LogP contribution >= 0.6 is 0 Å². The van der Waals surface area contributed by atoms with Crippen molar-refractivity contribution in [1.82, 2.24) is 0 Å². The summed E-state index contributed by atoms with van der Waals surface area (Å²) in [6.07, 6.45) is 11.8. The third kappa shape index (κ3) is 11.3. The van der Waals surface area contributed by atoms with Crippen LogP contribution in [0.15, 0.2) is 11.6 Å². The highest BCUT2D eigenvalue weighted by Gasteiger charge is 1.95. The largest absolute Gasteiger partial charge is 0.198 e. The molecular weight excluding hydrogens is 194 g/mol. The lowest BCUT2D eigenvalue weighted by Crippen LogP contribution is -1.87. The molecule has 0 aliphatic rings. The van der Waals surface area contributed by atoms with E-state index in [4.69, 9.17) is 5.26 Å². The van der Waals surface area contributed by atoms with E-state index in [1.807, 2.05) is 0 Å². The van der Waals surface area contributed by atoms with Gasteiger partial charge in [0.2, 0.25) is 0 Å². The molecule has 0 amide bonds. The van der Waals surface area contributed by atoms with Gasteiger partial charge in [-0.05, 0) is 44.9 Å². The molecule has 1 heteroatoms. The minimum atomic E-state index is 0.725. The van der Waals surface area contributed by atoms with Gasteiger partial charge in [0, 0.05) is 6.42 Å². The van der Waals surface area contributed by atoms with Crippen LogP contribution in [0.25, 0.3) is 0 Å². The van der Waals surface area contributed by atoms with Crippen molar-refractivity contribution in [3.05, 3.63) is 11.6 Å². The first-order valence-electron chi connectivity index (χ1n) is 6.69. The van der Waals surface area contributed by atoms with Crippen molar-refractivity contribution < 1.29 is 0 Å². The number of nitriles is 1. The second-order valence-electron chi connectivity index (χ2n) is 5.09. The Kier molecular flexibility index (Phi) is 10.2. The van der Waals surface area contributed by atoms with E-state index < -0.39 is 0 Å². The summed E-state index contributed by atoms with van der Waals surface area (Å²) in [4.78, 5) is 0. The molecule has 0 atom stereocenters. The molecule has 0 unspecified atom stereocenters. The van der Waals surface area contributed by atoms with Crippen LogP contribution < -0.4 is 0 Å². The maximum atomic E-state index is 8.39. The van der Waals surface area contributed by atoms with Crippen molar-refractivity contribution >= 4 is 0 Å². The second-order valence-corrected chi connectivity index (χ2v) is 5.09. The number of hydrogen-bond acceptors (Lipinski definition) is 1. The minimum Gasteiger partial charge on any atom is -0.198 e. The van der Waals surface area contributed by atoms with E-state index in [2.05, 4.69) is 32.9 Å². The van der Waals surface area contributed by atoms with Crippen molar-refractivity contribution in [1.29, 1.82) is 5.26 Å². The predicted octanol–water partition coefficient (Wildman–Crippen LogP) is 5.23. The van der Waals surface area contributed by atoms with Gasteiger partial charge in [-0.25, -0.2) is 0 Å². The summed E-state index contributed by atoms with van der Waals surface area (Å²) >= 11 is 0. The highest BCUT2D eigenvalue weighted by atomic mass is 14.2. The van der Waals surface area contributed by atoms with Crippen LogP contribution in [-0.2, 0) is 0 Å². The van der Waals surface area contributed by atoms with Gasteiger partial charge in [-0.2, -0.15) is 5.26 Å². The average Bonchev–Trinajstić information content (AvgIpc) is 2.25. The number of hydrogen-bond donors (Lipinski definition) is 0. The topological polar surface area (TPSA) is 23.8 Å². The van der Waals surface area contributed by atoms with E-state index in [0.29, 0.717) is 0 Å². The number of allylic oxidation sites excluding steroid dienone is 2. The van der Waals surface area contributed by atoms with Gasteiger partial charge in [0.05, 0.1) is 6.07 Å². The Morgan fingerprint density at radius 1 is 1.19 bits per heavy atom. The molecular formula is C15H27N. The van der Waals surface area contributed by atoms with Gasteiger partial charge in [-0.3, -0.25) is 0 Å². The monoisotopic (exact) mass is 221 g/mol. The summed E-state index contributed by atoms with van der Waals surface area (Å²) in [7, 11) is 0. The number of unbranched alkanes of at least 4 members (excludes halogenated alkanes) is 5. The van der Waals surface area contributed by atoms with Crippen LogP contribution in [0.2, 0.25) is 0 Å². The summed E-state index contributed by atoms with van der Waals surface area (Å²) in [5, 5.41) is 8.39. The Bertz CT molecular complexity index is 220. The standard InChI is InChI=1S/C15H27N/c1-14(2)11-12-15(3)10-8-6-4-5-7-9-13-16/h10,14H,4-9,11-12H2,1-3H3. The molecule has 0 N–H and O–H groups in total. The van der Waals surface area contributed by atoms with E-state index in [-0.39, 0.29) is 0 Å². The van der Waals surface area contributed by atoms with Gasteiger partial charge in [0.25, 0.3) is 0 Å². The zero-order valence-electron chi connectivity index (χ0n) is 11.3. The van der Waals surface area contributed by atoms with Gasteiger partial charge >= 0.3 is 0 Å². The molecule has 0 spiro atoms. The van der Waals surface area contributed by atoms with Crippen molar-refractivity contribution in [2.45, 2.75) is 72.1 Å². The molecule has 0 fully saturated rings. The van der Waals surface area contributed by atoms with Crippen molar-refractivity contribution in [2.24, 2.45) is 5.92 Å². The Hall–Kier alpha value is -0.770. The first kappa shape index (κ1) is 15.2.